The molecule has 0 saturated carbocycles. The number of nitrogens with one attached hydrogen (secondary N) is 1. The average Bonchev–Trinajstić information content (AvgIpc) is 2.78. The summed E-state index contributed by atoms with van der Waals surface area (Å²) in [6.07, 6.45) is 2.67. The molecule has 0 aliphatic carbocycles. The summed E-state index contributed by atoms with van der Waals surface area (Å²) in [4.78, 5) is 26.3. The van der Waals surface area contributed by atoms with Gasteiger partial charge in [-0.25, -0.2) is 9.80 Å². The Morgan fingerprint density at radius 2 is 1.81 bits per heavy atom. The number of benzene rings is 1. The number of nitrogens with zero attached hydrogens (tertiary/aromatic N) is 1. The van der Waals surface area contributed by atoms with Crippen molar-refractivity contribution in [3.63, 3.8) is 0 Å². The van der Waals surface area contributed by atoms with Crippen LogP contribution >= 0.6 is 11.8 Å². The fourth-order valence-electron chi connectivity index (χ4n) is 4.23. The lowest BCUT2D eigenvalue weighted by Gasteiger charge is -2.33. The Balaban J connectivity index is 3.15. The third-order valence-electron chi connectivity index (χ3n) is 6.30. The van der Waals surface area contributed by atoms with E-state index in [1.165, 1.54) is 7.05 Å². The molecule has 2 N–H and O–H groups in total. The van der Waals surface area contributed by atoms with E-state index in [0.717, 1.165) is 46.9 Å². The SMILES string of the molecule is COCC(C)Cc1cccc(C(C)(CCCC(C)(C)CSCCO)C(=O)NN(C)C(=O)OC(C)(C)C)c1. The van der Waals surface area contributed by atoms with Gasteiger partial charge in [0.05, 0.1) is 12.0 Å². The summed E-state index contributed by atoms with van der Waals surface area (Å²) in [5.41, 5.74) is 3.44. The van der Waals surface area contributed by atoms with Crippen LogP contribution in [0.3, 0.4) is 0 Å². The Bertz CT molecular complexity index is 855. The Labute approximate surface area is 229 Å². The van der Waals surface area contributed by atoms with Gasteiger partial charge in [-0.15, -0.1) is 0 Å². The van der Waals surface area contributed by atoms with Gasteiger partial charge in [0, 0.05) is 26.5 Å². The molecule has 212 valence electrons. The fraction of sp³-hybridized carbons (Fsp3) is 0.724. The van der Waals surface area contributed by atoms with Crippen molar-refractivity contribution < 1.29 is 24.2 Å². The topological polar surface area (TPSA) is 88.1 Å². The summed E-state index contributed by atoms with van der Waals surface area (Å²) in [5, 5.41) is 10.2. The summed E-state index contributed by atoms with van der Waals surface area (Å²) in [6, 6.07) is 8.20. The van der Waals surface area contributed by atoms with Gasteiger partial charge in [-0.05, 0) is 75.2 Å². The monoisotopic (exact) mass is 538 g/mol. The molecule has 0 fully saturated rings. The number of hydrazine groups is 1. The quantitative estimate of drug-likeness (QED) is 0.237. The Hall–Kier alpha value is -1.77. The number of rotatable bonds is 14. The highest BCUT2D eigenvalue weighted by atomic mass is 32.2. The molecule has 0 radical (unpaired) electrons. The standard InChI is InChI=1S/C29H50N2O5S/c1-22(20-35-9)18-23-12-10-13-24(19-23)29(7,15-11-14-28(5,6)21-37-17-16-32)25(33)30-31(8)26(34)36-27(2,3)4/h10,12-13,19,22,32H,11,14-18,20-21H2,1-9H3,(H,30,33). The first-order valence-electron chi connectivity index (χ1n) is 13.2. The van der Waals surface area contributed by atoms with Crippen LogP contribution in [0, 0.1) is 11.3 Å². The molecule has 7 nitrogen and oxygen atoms in total. The molecular weight excluding hydrogens is 488 g/mol. The molecule has 37 heavy (non-hydrogen) atoms. The maximum atomic E-state index is 13.7. The molecule has 2 amide bonds. The van der Waals surface area contributed by atoms with Gasteiger partial charge >= 0.3 is 6.09 Å². The van der Waals surface area contributed by atoms with Gasteiger partial charge in [-0.1, -0.05) is 51.5 Å². The highest BCUT2D eigenvalue weighted by Crippen LogP contribution is 2.35. The number of aliphatic hydroxyl groups is 1. The van der Waals surface area contributed by atoms with E-state index in [0.29, 0.717) is 18.9 Å². The molecule has 0 aliphatic heterocycles. The largest absolute Gasteiger partial charge is 0.442 e. The van der Waals surface area contributed by atoms with E-state index in [1.807, 2.05) is 19.1 Å². The minimum atomic E-state index is -0.842. The van der Waals surface area contributed by atoms with Crippen LogP contribution in [0.25, 0.3) is 0 Å². The van der Waals surface area contributed by atoms with Crippen molar-refractivity contribution in [1.82, 2.24) is 10.4 Å². The van der Waals surface area contributed by atoms with Crippen molar-refractivity contribution in [2.75, 3.05) is 38.9 Å². The van der Waals surface area contributed by atoms with Gasteiger partial charge < -0.3 is 14.6 Å². The van der Waals surface area contributed by atoms with Crippen molar-refractivity contribution in [3.05, 3.63) is 35.4 Å². The van der Waals surface area contributed by atoms with Gasteiger partial charge in [-0.3, -0.25) is 10.2 Å². The number of hydrogen-bond acceptors (Lipinski definition) is 6. The molecule has 1 rings (SSSR count). The van der Waals surface area contributed by atoms with Crippen LogP contribution in [0.1, 0.15) is 78.9 Å². The smallest absolute Gasteiger partial charge is 0.428 e. The van der Waals surface area contributed by atoms with Crippen LogP contribution in [0.4, 0.5) is 4.79 Å². The first-order chi connectivity index (χ1) is 17.1. The molecule has 0 aromatic heterocycles. The van der Waals surface area contributed by atoms with Gasteiger partial charge in [-0.2, -0.15) is 11.8 Å². The van der Waals surface area contributed by atoms with Crippen molar-refractivity contribution in [1.29, 1.82) is 0 Å². The third kappa shape index (κ3) is 12.1. The number of carbonyl (C=O) groups excluding carboxylic acids is 2. The van der Waals surface area contributed by atoms with E-state index in [9.17, 15) is 9.59 Å². The summed E-state index contributed by atoms with van der Waals surface area (Å²) < 4.78 is 10.7. The second-order valence-corrected chi connectivity index (χ2v) is 13.2. The molecule has 1 aromatic carbocycles. The maximum Gasteiger partial charge on any atom is 0.428 e. The molecule has 8 heteroatoms. The third-order valence-corrected chi connectivity index (χ3v) is 7.75. The van der Waals surface area contributed by atoms with E-state index in [-0.39, 0.29) is 17.9 Å². The lowest BCUT2D eigenvalue weighted by molar-refractivity contribution is -0.131. The van der Waals surface area contributed by atoms with Gasteiger partial charge in [0.15, 0.2) is 0 Å². The van der Waals surface area contributed by atoms with Gasteiger partial charge in [0.2, 0.25) is 5.91 Å². The van der Waals surface area contributed by atoms with Gasteiger partial charge in [0.1, 0.15) is 5.60 Å². The normalized spacial score (nSPS) is 14.5. The zero-order valence-corrected chi connectivity index (χ0v) is 25.3. The predicted octanol–water partition coefficient (Wildman–Crippen LogP) is 5.59. The van der Waals surface area contributed by atoms with E-state index in [1.54, 1.807) is 39.6 Å². The maximum absolute atomic E-state index is 13.7. The van der Waals surface area contributed by atoms with E-state index >= 15 is 0 Å². The van der Waals surface area contributed by atoms with Crippen LogP contribution in [-0.2, 0) is 26.1 Å². The number of ether oxygens (including phenoxy) is 2. The number of amides is 2. The summed E-state index contributed by atoms with van der Waals surface area (Å²) in [6.45, 7) is 14.8. The molecular formula is C29H50N2O5S. The molecule has 0 saturated heterocycles. The number of thioether (sulfide) groups is 1. The molecule has 0 aliphatic rings. The Kier molecular flexibility index (Phi) is 13.5. The fourth-order valence-corrected chi connectivity index (χ4v) is 5.20. The number of aliphatic hydroxyl groups excluding tert-OH is 1. The Morgan fingerprint density at radius 1 is 1.14 bits per heavy atom. The van der Waals surface area contributed by atoms with Crippen LogP contribution in [0.5, 0.6) is 0 Å². The van der Waals surface area contributed by atoms with Crippen molar-refractivity contribution >= 4 is 23.8 Å². The predicted molar refractivity (Wildman–Crippen MR) is 153 cm³/mol. The summed E-state index contributed by atoms with van der Waals surface area (Å²) >= 11 is 1.75. The summed E-state index contributed by atoms with van der Waals surface area (Å²) in [5.74, 6) is 1.80. The number of carbonyl (C=O) groups is 2. The second kappa shape index (κ2) is 15.0. The van der Waals surface area contributed by atoms with Crippen molar-refractivity contribution in [2.24, 2.45) is 11.3 Å². The molecule has 0 bridgehead atoms. The van der Waals surface area contributed by atoms with Crippen LogP contribution < -0.4 is 5.43 Å². The van der Waals surface area contributed by atoms with E-state index in [2.05, 4.69) is 38.3 Å². The lowest BCUT2D eigenvalue weighted by Crippen LogP contribution is -2.52. The zero-order chi connectivity index (χ0) is 28.3. The van der Waals surface area contributed by atoms with Crippen molar-refractivity contribution in [2.45, 2.75) is 85.2 Å². The average molecular weight is 539 g/mol. The molecule has 1 aromatic rings. The van der Waals surface area contributed by atoms with E-state index in [4.69, 9.17) is 14.6 Å². The highest BCUT2D eigenvalue weighted by Gasteiger charge is 2.37. The van der Waals surface area contributed by atoms with E-state index < -0.39 is 17.1 Å². The van der Waals surface area contributed by atoms with Crippen LogP contribution in [0.15, 0.2) is 24.3 Å². The molecule has 2 atom stereocenters. The highest BCUT2D eigenvalue weighted by molar-refractivity contribution is 7.99. The molecule has 2 unspecified atom stereocenters. The first-order valence-corrected chi connectivity index (χ1v) is 14.3. The summed E-state index contributed by atoms with van der Waals surface area (Å²) in [7, 11) is 3.22. The Morgan fingerprint density at radius 3 is 2.41 bits per heavy atom. The lowest BCUT2D eigenvalue weighted by atomic mass is 9.75. The van der Waals surface area contributed by atoms with Crippen molar-refractivity contribution in [3.8, 4) is 0 Å². The van der Waals surface area contributed by atoms with Crippen LogP contribution in [-0.4, -0.2) is 66.6 Å². The molecule has 0 spiro atoms. The number of methoxy groups -OCH3 is 1. The zero-order valence-electron chi connectivity index (χ0n) is 24.5. The van der Waals surface area contributed by atoms with Crippen LogP contribution in [0.2, 0.25) is 0 Å². The minimum Gasteiger partial charge on any atom is -0.442 e. The minimum absolute atomic E-state index is 0.0853. The van der Waals surface area contributed by atoms with Gasteiger partial charge in [0.25, 0.3) is 0 Å². The molecule has 0 heterocycles. The number of hydrogen-bond donors (Lipinski definition) is 2. The first kappa shape index (κ1) is 33.3. The second-order valence-electron chi connectivity index (χ2n) is 12.1.